The van der Waals surface area contributed by atoms with Crippen LogP contribution in [0.1, 0.15) is 52.8 Å². The van der Waals surface area contributed by atoms with Crippen LogP contribution < -0.4 is 14.8 Å². The van der Waals surface area contributed by atoms with Crippen LogP contribution in [0.2, 0.25) is 0 Å². The third-order valence-corrected chi connectivity index (χ3v) is 7.21. The number of methoxy groups -OCH3 is 2. The highest BCUT2D eigenvalue weighted by Gasteiger charge is 2.36. The van der Waals surface area contributed by atoms with Gasteiger partial charge in [-0.05, 0) is 86.6 Å². The normalized spacial score (nSPS) is 17.3. The fourth-order valence-corrected chi connectivity index (χ4v) is 5.01. The first-order valence-corrected chi connectivity index (χ1v) is 12.7. The van der Waals surface area contributed by atoms with Gasteiger partial charge in [-0.3, -0.25) is 14.4 Å². The van der Waals surface area contributed by atoms with E-state index in [1.165, 1.54) is 0 Å². The van der Waals surface area contributed by atoms with Crippen molar-refractivity contribution in [3.05, 3.63) is 59.7 Å². The number of likely N-dealkylation sites (tertiary alicyclic amines) is 2. The van der Waals surface area contributed by atoms with Gasteiger partial charge in [-0.25, -0.2) is 0 Å². The third-order valence-electron chi connectivity index (χ3n) is 7.21. The molecule has 4 rings (SSSR count). The molecular formula is C28H35N3O5. The summed E-state index contributed by atoms with van der Waals surface area (Å²) in [7, 11) is 3.17. The Morgan fingerprint density at radius 2 is 1.28 bits per heavy atom. The maximum atomic E-state index is 13.6. The van der Waals surface area contributed by atoms with Gasteiger partial charge in [0.25, 0.3) is 11.8 Å². The molecule has 8 heteroatoms. The number of carbonyl (C=O) groups excluding carboxylic acids is 3. The fourth-order valence-electron chi connectivity index (χ4n) is 5.01. The van der Waals surface area contributed by atoms with Crippen LogP contribution in [0.4, 0.5) is 0 Å². The molecule has 36 heavy (non-hydrogen) atoms. The minimum Gasteiger partial charge on any atom is -0.497 e. The first kappa shape index (κ1) is 25.5. The average molecular weight is 494 g/mol. The number of ether oxygens (including phenoxy) is 2. The zero-order valence-electron chi connectivity index (χ0n) is 21.1. The number of piperidine rings is 2. The van der Waals surface area contributed by atoms with Crippen molar-refractivity contribution in [2.24, 2.45) is 5.92 Å². The number of nitrogens with one attached hydrogen (secondary N) is 1. The molecular weight excluding hydrogens is 458 g/mol. The molecule has 0 spiro atoms. The molecule has 1 atom stereocenters. The number of amides is 3. The van der Waals surface area contributed by atoms with Crippen molar-refractivity contribution >= 4 is 17.7 Å². The van der Waals surface area contributed by atoms with Gasteiger partial charge in [0.05, 0.1) is 14.2 Å². The van der Waals surface area contributed by atoms with Crippen molar-refractivity contribution in [3.63, 3.8) is 0 Å². The SMILES string of the molecule is COc1ccc(C(=O)N[C@H](C(=O)N2CCCCC2)C2CCN(C(=O)c3ccc(OC)cc3)CC2)cc1. The zero-order valence-corrected chi connectivity index (χ0v) is 21.1. The predicted molar refractivity (Wildman–Crippen MR) is 136 cm³/mol. The van der Waals surface area contributed by atoms with E-state index in [0.717, 1.165) is 32.4 Å². The summed E-state index contributed by atoms with van der Waals surface area (Å²) in [5.41, 5.74) is 1.10. The van der Waals surface area contributed by atoms with Crippen molar-refractivity contribution < 1.29 is 23.9 Å². The topological polar surface area (TPSA) is 88.2 Å². The standard InChI is InChI=1S/C28H35N3O5/c1-35-23-10-6-21(7-11-23)26(32)29-25(28(34)30-16-4-3-5-17-30)20-14-18-31(19-15-20)27(33)22-8-12-24(36-2)13-9-22/h6-13,20,25H,3-5,14-19H2,1-2H3,(H,29,32)/t25-/m0/s1. The van der Waals surface area contributed by atoms with Crippen molar-refractivity contribution in [1.29, 1.82) is 0 Å². The molecule has 2 saturated heterocycles. The van der Waals surface area contributed by atoms with E-state index in [-0.39, 0.29) is 23.6 Å². The van der Waals surface area contributed by atoms with Crippen LogP contribution in [0.3, 0.4) is 0 Å². The lowest BCUT2D eigenvalue weighted by molar-refractivity contribution is -0.136. The van der Waals surface area contributed by atoms with Gasteiger partial charge in [0, 0.05) is 37.3 Å². The molecule has 0 radical (unpaired) electrons. The summed E-state index contributed by atoms with van der Waals surface area (Å²) in [6, 6.07) is 13.4. The van der Waals surface area contributed by atoms with Crippen molar-refractivity contribution in [2.75, 3.05) is 40.4 Å². The molecule has 0 unspecified atom stereocenters. The lowest BCUT2D eigenvalue weighted by Crippen LogP contribution is -2.55. The van der Waals surface area contributed by atoms with E-state index in [9.17, 15) is 14.4 Å². The number of nitrogens with zero attached hydrogens (tertiary/aromatic N) is 2. The summed E-state index contributed by atoms with van der Waals surface area (Å²) in [6.45, 7) is 2.53. The van der Waals surface area contributed by atoms with Gasteiger partial charge >= 0.3 is 0 Å². The average Bonchev–Trinajstić information content (AvgIpc) is 2.95. The third kappa shape index (κ3) is 5.98. The smallest absolute Gasteiger partial charge is 0.253 e. The molecule has 2 aliphatic heterocycles. The molecule has 2 heterocycles. The monoisotopic (exact) mass is 493 g/mol. The molecule has 1 N–H and O–H groups in total. The van der Waals surface area contributed by atoms with Crippen LogP contribution in [0, 0.1) is 5.92 Å². The van der Waals surface area contributed by atoms with Crippen LogP contribution in [0.25, 0.3) is 0 Å². The molecule has 2 aliphatic rings. The largest absolute Gasteiger partial charge is 0.497 e. The molecule has 8 nitrogen and oxygen atoms in total. The number of rotatable bonds is 7. The predicted octanol–water partition coefficient (Wildman–Crippen LogP) is 3.37. The van der Waals surface area contributed by atoms with Crippen LogP contribution in [0.15, 0.2) is 48.5 Å². The van der Waals surface area contributed by atoms with E-state index in [1.54, 1.807) is 62.8 Å². The second kappa shape index (κ2) is 11.9. The quantitative estimate of drug-likeness (QED) is 0.639. The van der Waals surface area contributed by atoms with Crippen molar-refractivity contribution in [3.8, 4) is 11.5 Å². The van der Waals surface area contributed by atoms with Gasteiger partial charge in [0.1, 0.15) is 17.5 Å². The molecule has 2 aromatic rings. The number of hydrogen-bond acceptors (Lipinski definition) is 5. The van der Waals surface area contributed by atoms with Gasteiger partial charge in [-0.1, -0.05) is 0 Å². The summed E-state index contributed by atoms with van der Waals surface area (Å²) >= 11 is 0. The van der Waals surface area contributed by atoms with Crippen molar-refractivity contribution in [1.82, 2.24) is 15.1 Å². The van der Waals surface area contributed by atoms with E-state index in [4.69, 9.17) is 9.47 Å². The molecule has 0 bridgehead atoms. The molecule has 0 aromatic heterocycles. The highest BCUT2D eigenvalue weighted by Crippen LogP contribution is 2.25. The Morgan fingerprint density at radius 3 is 1.81 bits per heavy atom. The Kier molecular flexibility index (Phi) is 8.46. The second-order valence-electron chi connectivity index (χ2n) is 9.42. The summed E-state index contributed by atoms with van der Waals surface area (Å²) in [6.07, 6.45) is 4.39. The molecule has 0 aliphatic carbocycles. The van der Waals surface area contributed by atoms with E-state index in [1.807, 2.05) is 9.80 Å². The van der Waals surface area contributed by atoms with Crippen LogP contribution in [-0.2, 0) is 4.79 Å². The summed E-state index contributed by atoms with van der Waals surface area (Å²) in [5.74, 6) is 1.01. The fraction of sp³-hybridized carbons (Fsp3) is 0.464. The number of carbonyl (C=O) groups is 3. The summed E-state index contributed by atoms with van der Waals surface area (Å²) in [4.78, 5) is 43.4. The first-order chi connectivity index (χ1) is 17.5. The van der Waals surface area contributed by atoms with Gasteiger partial charge in [0.2, 0.25) is 5.91 Å². The molecule has 2 aromatic carbocycles. The second-order valence-corrected chi connectivity index (χ2v) is 9.42. The van der Waals surface area contributed by atoms with Gasteiger partial charge in [-0.2, -0.15) is 0 Å². The number of benzene rings is 2. The Bertz CT molecular complexity index is 1040. The van der Waals surface area contributed by atoms with Crippen LogP contribution in [0.5, 0.6) is 11.5 Å². The minimum absolute atomic E-state index is 0.0171. The van der Waals surface area contributed by atoms with E-state index in [0.29, 0.717) is 48.6 Å². The Morgan fingerprint density at radius 1 is 0.750 bits per heavy atom. The van der Waals surface area contributed by atoms with Crippen LogP contribution >= 0.6 is 0 Å². The van der Waals surface area contributed by atoms with E-state index in [2.05, 4.69) is 5.32 Å². The Labute approximate surface area is 212 Å². The van der Waals surface area contributed by atoms with Gasteiger partial charge in [0.15, 0.2) is 0 Å². The molecule has 192 valence electrons. The van der Waals surface area contributed by atoms with Crippen molar-refractivity contribution in [2.45, 2.75) is 38.1 Å². The maximum Gasteiger partial charge on any atom is 0.253 e. The highest BCUT2D eigenvalue weighted by atomic mass is 16.5. The Hall–Kier alpha value is -3.55. The summed E-state index contributed by atoms with van der Waals surface area (Å²) < 4.78 is 10.4. The Balaban J connectivity index is 1.44. The number of hydrogen-bond donors (Lipinski definition) is 1. The lowest BCUT2D eigenvalue weighted by atomic mass is 9.87. The molecule has 0 saturated carbocycles. The molecule has 2 fully saturated rings. The highest BCUT2D eigenvalue weighted by molar-refractivity contribution is 5.98. The minimum atomic E-state index is -0.615. The lowest BCUT2D eigenvalue weighted by Gasteiger charge is -2.38. The van der Waals surface area contributed by atoms with E-state index < -0.39 is 6.04 Å². The van der Waals surface area contributed by atoms with Crippen LogP contribution in [-0.4, -0.2) is 74.0 Å². The van der Waals surface area contributed by atoms with E-state index >= 15 is 0 Å². The summed E-state index contributed by atoms with van der Waals surface area (Å²) in [5, 5.41) is 3.04. The maximum absolute atomic E-state index is 13.6. The first-order valence-electron chi connectivity index (χ1n) is 12.7. The van der Waals surface area contributed by atoms with Gasteiger partial charge in [-0.15, -0.1) is 0 Å². The molecule has 3 amide bonds. The zero-order chi connectivity index (χ0) is 25.5. The van der Waals surface area contributed by atoms with Gasteiger partial charge < -0.3 is 24.6 Å².